The lowest BCUT2D eigenvalue weighted by Gasteiger charge is -2.48. The average Bonchev–Trinajstić information content (AvgIpc) is 3.59. The first-order chi connectivity index (χ1) is 26.1. The van der Waals surface area contributed by atoms with E-state index < -0.39 is 0 Å². The summed E-state index contributed by atoms with van der Waals surface area (Å²) in [7, 11) is 0. The summed E-state index contributed by atoms with van der Waals surface area (Å²) in [4.78, 5) is 3.04. The normalized spacial score (nSPS) is 39.6. The van der Waals surface area contributed by atoms with Gasteiger partial charge in [-0.15, -0.1) is 0 Å². The van der Waals surface area contributed by atoms with E-state index in [1.54, 1.807) is 11.4 Å². The molecule has 2 spiro atoms. The van der Waals surface area contributed by atoms with Gasteiger partial charge in [0.25, 0.3) is 0 Å². The largest absolute Gasteiger partial charge is 0.371 e. The van der Waals surface area contributed by atoms with Gasteiger partial charge in [0.2, 0.25) is 0 Å². The van der Waals surface area contributed by atoms with Crippen LogP contribution < -0.4 is 0 Å². The molecular formula is C50H76ClN2+. The standard InChI is InChI=1S/C50H76ClN2/c1-3-34-52-44(49(30-11-5-12-31-49)42-26-22-36-16-7-9-20-40(36)47(42)52)28-24-38-18-15-19-39(46(38)51)25-29-45-50(32-13-6-14-33-50)43-27-23-37-17-8-10-21-41(37)48(43)53(45)35-4-2/h24-25,28-29,36-37,40-43,47-48H,3-23,26-27,30-35H2,1-2H3/q+1. The van der Waals surface area contributed by atoms with Crippen molar-refractivity contribution in [3.63, 3.8) is 0 Å². The lowest BCUT2D eigenvalue weighted by Crippen LogP contribution is -2.48. The summed E-state index contributed by atoms with van der Waals surface area (Å²) in [6.07, 6.45) is 48.7. The van der Waals surface area contributed by atoms with E-state index in [9.17, 15) is 0 Å². The van der Waals surface area contributed by atoms with Gasteiger partial charge in [-0.1, -0.05) is 108 Å². The molecular weight excluding hydrogens is 664 g/mol. The Morgan fingerprint density at radius 2 is 1.30 bits per heavy atom. The van der Waals surface area contributed by atoms with E-state index in [1.807, 2.05) is 0 Å². The van der Waals surface area contributed by atoms with Crippen molar-refractivity contribution in [1.82, 2.24) is 4.90 Å². The van der Waals surface area contributed by atoms with E-state index in [0.29, 0.717) is 10.8 Å². The second-order valence-corrected chi connectivity index (χ2v) is 20.6. The highest BCUT2D eigenvalue weighted by molar-refractivity contribution is 6.32. The lowest BCUT2D eigenvalue weighted by molar-refractivity contribution is -0.577. The summed E-state index contributed by atoms with van der Waals surface area (Å²) in [5, 5.41) is 1.09. The molecule has 6 saturated carbocycles. The SMILES string of the molecule is CCCN1/C(=C/C=C2\CCCC(/C=C/C3=[N+](CCC)C4C5CCCCC5CCC4C34CCCCC4)=C2Cl)C2(CCCCC2)C2CCC3CCCCC3C21. The van der Waals surface area contributed by atoms with Crippen molar-refractivity contribution in [1.29, 1.82) is 0 Å². The third-order valence-electron chi connectivity index (χ3n) is 17.9. The molecule has 0 bridgehead atoms. The summed E-state index contributed by atoms with van der Waals surface area (Å²) in [6.45, 7) is 7.36. The van der Waals surface area contributed by atoms with Crippen LogP contribution in [0.4, 0.5) is 0 Å². The Balaban J connectivity index is 1.06. The van der Waals surface area contributed by atoms with Crippen LogP contribution in [-0.4, -0.2) is 40.4 Å². The minimum Gasteiger partial charge on any atom is -0.371 e. The van der Waals surface area contributed by atoms with Crippen LogP contribution in [0.2, 0.25) is 0 Å². The second-order valence-electron chi connectivity index (χ2n) is 20.2. The monoisotopic (exact) mass is 740 g/mol. The minimum atomic E-state index is 0.412. The summed E-state index contributed by atoms with van der Waals surface area (Å²) in [6, 6.07) is 1.59. The van der Waals surface area contributed by atoms with Crippen LogP contribution in [0.25, 0.3) is 0 Å². The van der Waals surface area contributed by atoms with Gasteiger partial charge >= 0.3 is 0 Å². The first-order valence-corrected chi connectivity index (χ1v) is 24.4. The molecule has 1 saturated heterocycles. The number of allylic oxidation sites excluding steroid dienone is 8. The Kier molecular flexibility index (Phi) is 11.2. The highest BCUT2D eigenvalue weighted by Crippen LogP contribution is 2.64. The van der Waals surface area contributed by atoms with Crippen LogP contribution in [0.15, 0.2) is 46.2 Å². The molecule has 0 amide bonds. The third kappa shape index (κ3) is 6.44. The lowest BCUT2D eigenvalue weighted by atomic mass is 9.55. The fraction of sp³-hybridized carbons (Fsp3) is 0.820. The van der Waals surface area contributed by atoms with Crippen LogP contribution in [0.3, 0.4) is 0 Å². The van der Waals surface area contributed by atoms with E-state index in [1.165, 1.54) is 185 Å². The molecule has 0 radical (unpaired) electrons. The molecule has 8 atom stereocenters. The maximum atomic E-state index is 7.59. The molecule has 0 aromatic rings. The van der Waals surface area contributed by atoms with Crippen LogP contribution in [-0.2, 0) is 0 Å². The molecule has 0 aromatic heterocycles. The number of halogens is 1. The summed E-state index contributed by atoms with van der Waals surface area (Å²) in [5.74, 6) is 5.59. The summed E-state index contributed by atoms with van der Waals surface area (Å²) in [5.41, 5.74) is 7.17. The van der Waals surface area contributed by atoms with Gasteiger partial charge in [-0.05, 0) is 137 Å². The van der Waals surface area contributed by atoms with Crippen molar-refractivity contribution in [3.8, 4) is 0 Å². The molecule has 2 aliphatic heterocycles. The Hall–Kier alpha value is -1.28. The van der Waals surface area contributed by atoms with Gasteiger partial charge in [0.15, 0.2) is 11.8 Å². The third-order valence-corrected chi connectivity index (χ3v) is 18.4. The second kappa shape index (κ2) is 15.9. The van der Waals surface area contributed by atoms with Crippen molar-refractivity contribution < 1.29 is 4.58 Å². The fourth-order valence-electron chi connectivity index (χ4n) is 15.9. The average molecular weight is 741 g/mol. The summed E-state index contributed by atoms with van der Waals surface area (Å²) < 4.78 is 3.04. The number of fused-ring (bicyclic) bond motifs is 8. The number of nitrogens with zero attached hydrogens (tertiary/aromatic N) is 2. The van der Waals surface area contributed by atoms with Gasteiger partial charge < -0.3 is 4.90 Å². The van der Waals surface area contributed by atoms with Gasteiger partial charge in [-0.2, -0.15) is 0 Å². The van der Waals surface area contributed by atoms with Gasteiger partial charge in [-0.3, -0.25) is 0 Å². The van der Waals surface area contributed by atoms with E-state index >= 15 is 0 Å². The Morgan fingerprint density at radius 1 is 0.642 bits per heavy atom. The molecule has 53 heavy (non-hydrogen) atoms. The molecule has 0 N–H and O–H groups in total. The quantitative estimate of drug-likeness (QED) is 0.236. The number of rotatable bonds is 7. The molecule has 7 fully saturated rings. The van der Waals surface area contributed by atoms with Crippen LogP contribution >= 0.6 is 11.6 Å². The van der Waals surface area contributed by atoms with Gasteiger partial charge in [0.1, 0.15) is 6.54 Å². The first-order valence-electron chi connectivity index (χ1n) is 24.0. The molecule has 8 unspecified atom stereocenters. The number of likely N-dealkylation sites (tertiary alicyclic amines) is 1. The molecule has 3 heteroatoms. The van der Waals surface area contributed by atoms with Crippen LogP contribution in [0.5, 0.6) is 0 Å². The minimum absolute atomic E-state index is 0.412. The van der Waals surface area contributed by atoms with E-state index in [2.05, 4.69) is 47.6 Å². The molecule has 0 aromatic carbocycles. The molecule has 9 rings (SSSR count). The van der Waals surface area contributed by atoms with Crippen molar-refractivity contribution in [2.24, 2.45) is 46.3 Å². The molecule has 2 heterocycles. The van der Waals surface area contributed by atoms with Crippen molar-refractivity contribution >= 4 is 17.3 Å². The zero-order chi connectivity index (χ0) is 36.0. The molecule has 2 nitrogen and oxygen atoms in total. The van der Waals surface area contributed by atoms with Crippen molar-refractivity contribution in [2.75, 3.05) is 13.1 Å². The Morgan fingerprint density at radius 3 is 2.02 bits per heavy atom. The topological polar surface area (TPSA) is 6.25 Å². The molecule has 9 aliphatic rings. The maximum absolute atomic E-state index is 7.59. The molecule has 292 valence electrons. The van der Waals surface area contributed by atoms with Gasteiger partial charge in [0, 0.05) is 53.1 Å². The van der Waals surface area contributed by atoms with E-state index in [4.69, 9.17) is 11.6 Å². The van der Waals surface area contributed by atoms with Crippen molar-refractivity contribution in [3.05, 3.63) is 46.2 Å². The van der Waals surface area contributed by atoms with E-state index in [-0.39, 0.29) is 0 Å². The maximum Gasteiger partial charge on any atom is 0.183 e. The summed E-state index contributed by atoms with van der Waals surface area (Å²) >= 11 is 7.59. The highest BCUT2D eigenvalue weighted by atomic mass is 35.5. The van der Waals surface area contributed by atoms with Gasteiger partial charge in [0.05, 0.1) is 5.41 Å². The van der Waals surface area contributed by atoms with E-state index in [0.717, 1.165) is 65.5 Å². The zero-order valence-corrected chi connectivity index (χ0v) is 35.0. The van der Waals surface area contributed by atoms with Gasteiger partial charge in [-0.25, -0.2) is 4.58 Å². The zero-order valence-electron chi connectivity index (χ0n) is 34.2. The number of hydrogen-bond acceptors (Lipinski definition) is 1. The first kappa shape index (κ1) is 37.3. The van der Waals surface area contributed by atoms with Crippen LogP contribution in [0.1, 0.15) is 187 Å². The Bertz CT molecular complexity index is 1480. The molecule has 7 aliphatic carbocycles. The van der Waals surface area contributed by atoms with Crippen molar-refractivity contribution in [2.45, 2.75) is 199 Å². The smallest absolute Gasteiger partial charge is 0.183 e. The predicted octanol–water partition coefficient (Wildman–Crippen LogP) is 13.7. The van der Waals surface area contributed by atoms with Crippen LogP contribution in [0, 0.1) is 46.3 Å². The predicted molar refractivity (Wildman–Crippen MR) is 224 cm³/mol. The Labute approximate surface area is 330 Å². The number of hydrogen-bond donors (Lipinski definition) is 0. The highest BCUT2D eigenvalue weighted by Gasteiger charge is 2.63. The fourth-order valence-corrected chi connectivity index (χ4v) is 16.2.